The summed E-state index contributed by atoms with van der Waals surface area (Å²) in [6.07, 6.45) is 0.230. The number of hydrogen-bond donors (Lipinski definition) is 2. The maximum atomic E-state index is 11.6. The Morgan fingerprint density at radius 1 is 1.29 bits per heavy atom. The Kier molecular flexibility index (Phi) is 5.32. The molecule has 3 N–H and O–H groups in total. The van der Waals surface area contributed by atoms with Gasteiger partial charge in [-0.25, -0.2) is 0 Å². The smallest absolute Gasteiger partial charge is 0.168 e. The number of carboxylic acids is 1. The van der Waals surface area contributed by atoms with E-state index in [4.69, 9.17) is 5.11 Å². The van der Waals surface area contributed by atoms with Gasteiger partial charge in [-0.3, -0.25) is 4.79 Å². The number of aliphatic hydroxyl groups excluding tert-OH is 1. The minimum Gasteiger partial charge on any atom is -0.544 e. The molecule has 5 nitrogen and oxygen atoms in total. The van der Waals surface area contributed by atoms with Crippen LogP contribution in [0, 0.1) is 0 Å². The number of hydrogen-bond acceptors (Lipinski definition) is 4. The van der Waals surface area contributed by atoms with E-state index < -0.39 is 18.6 Å². The number of quaternary nitrogens is 1. The van der Waals surface area contributed by atoms with Crippen LogP contribution in [0.3, 0.4) is 0 Å². The molecule has 0 amide bonds. The van der Waals surface area contributed by atoms with Gasteiger partial charge in [0.05, 0.1) is 13.0 Å². The molecule has 0 saturated carbocycles. The third-order valence-electron chi connectivity index (χ3n) is 2.42. The number of aliphatic carboxylic acids is 1. The van der Waals surface area contributed by atoms with E-state index in [1.807, 2.05) is 6.07 Å². The van der Waals surface area contributed by atoms with Gasteiger partial charge in [0.1, 0.15) is 18.6 Å². The highest BCUT2D eigenvalue weighted by molar-refractivity contribution is 5.96. The second-order valence-electron chi connectivity index (χ2n) is 3.67. The standard InChI is InChI=1S/C12H15NO4/c14-8-10(12(16)17)13-7-6-11(15)9-4-2-1-3-5-9/h1-5,10,13-14H,6-8H2,(H,16,17)/t10-/m0/s1. The monoisotopic (exact) mass is 237 g/mol. The number of nitrogens with two attached hydrogens (primary N) is 1. The minimum atomic E-state index is -1.32. The van der Waals surface area contributed by atoms with E-state index in [-0.39, 0.29) is 12.2 Å². The van der Waals surface area contributed by atoms with Crippen molar-refractivity contribution in [3.63, 3.8) is 0 Å². The summed E-state index contributed by atoms with van der Waals surface area (Å²) in [4.78, 5) is 22.1. The van der Waals surface area contributed by atoms with Crippen molar-refractivity contribution in [2.75, 3.05) is 13.2 Å². The van der Waals surface area contributed by atoms with Gasteiger partial charge in [-0.2, -0.15) is 0 Å². The zero-order valence-corrected chi connectivity index (χ0v) is 9.33. The number of Topliss-reactive ketones (excluding diaryl/α,β-unsaturated/α-hetero) is 1. The highest BCUT2D eigenvalue weighted by atomic mass is 16.4. The molecule has 1 aromatic rings. The second kappa shape index (κ2) is 6.78. The van der Waals surface area contributed by atoms with Gasteiger partial charge in [0.15, 0.2) is 5.78 Å². The normalized spacial score (nSPS) is 12.1. The Labute approximate surface area is 99.1 Å². The predicted molar refractivity (Wildman–Crippen MR) is 58.1 cm³/mol. The molecule has 0 aliphatic heterocycles. The van der Waals surface area contributed by atoms with Gasteiger partial charge in [0.2, 0.25) is 0 Å². The van der Waals surface area contributed by atoms with Gasteiger partial charge in [0, 0.05) is 5.56 Å². The maximum absolute atomic E-state index is 11.6. The van der Waals surface area contributed by atoms with Crippen molar-refractivity contribution in [2.45, 2.75) is 12.5 Å². The minimum absolute atomic E-state index is 0.0445. The number of benzene rings is 1. The molecule has 0 unspecified atom stereocenters. The van der Waals surface area contributed by atoms with E-state index in [0.717, 1.165) is 0 Å². The summed E-state index contributed by atoms with van der Waals surface area (Å²) in [5, 5.41) is 20.6. The number of aliphatic hydroxyl groups is 1. The van der Waals surface area contributed by atoms with Crippen LogP contribution in [-0.2, 0) is 4.79 Å². The number of carboxylic acid groups (broad SMARTS) is 1. The van der Waals surface area contributed by atoms with Gasteiger partial charge < -0.3 is 20.3 Å². The zero-order chi connectivity index (χ0) is 12.7. The summed E-state index contributed by atoms with van der Waals surface area (Å²) >= 11 is 0. The summed E-state index contributed by atoms with van der Waals surface area (Å²) in [5.41, 5.74) is 0.606. The van der Waals surface area contributed by atoms with E-state index in [1.165, 1.54) is 5.32 Å². The second-order valence-corrected chi connectivity index (χ2v) is 3.67. The van der Waals surface area contributed by atoms with E-state index in [9.17, 15) is 14.7 Å². The molecule has 1 atom stereocenters. The quantitative estimate of drug-likeness (QED) is 0.533. The Morgan fingerprint density at radius 2 is 1.94 bits per heavy atom. The van der Waals surface area contributed by atoms with Crippen LogP contribution in [0.15, 0.2) is 30.3 Å². The molecule has 0 radical (unpaired) electrons. The van der Waals surface area contributed by atoms with Crippen molar-refractivity contribution >= 4 is 11.8 Å². The fourth-order valence-corrected chi connectivity index (χ4v) is 1.43. The van der Waals surface area contributed by atoms with Crippen LogP contribution in [0.1, 0.15) is 16.8 Å². The van der Waals surface area contributed by atoms with Gasteiger partial charge in [-0.15, -0.1) is 0 Å². The summed E-state index contributed by atoms with van der Waals surface area (Å²) in [5.74, 6) is -1.36. The van der Waals surface area contributed by atoms with E-state index in [2.05, 4.69) is 0 Å². The molecular formula is C12H15NO4. The first-order valence-electron chi connectivity index (χ1n) is 5.38. The van der Waals surface area contributed by atoms with Crippen LogP contribution in [0.2, 0.25) is 0 Å². The van der Waals surface area contributed by atoms with Gasteiger partial charge in [-0.05, 0) is 0 Å². The lowest BCUT2D eigenvalue weighted by atomic mass is 10.1. The number of rotatable bonds is 7. The Bertz CT molecular complexity index is 377. The lowest BCUT2D eigenvalue weighted by Gasteiger charge is -2.13. The highest BCUT2D eigenvalue weighted by Crippen LogP contribution is 2.01. The van der Waals surface area contributed by atoms with Crippen molar-refractivity contribution in [1.29, 1.82) is 0 Å². The molecule has 0 saturated heterocycles. The highest BCUT2D eigenvalue weighted by Gasteiger charge is 2.12. The van der Waals surface area contributed by atoms with Crippen molar-refractivity contribution in [2.24, 2.45) is 0 Å². The average molecular weight is 237 g/mol. The largest absolute Gasteiger partial charge is 0.544 e. The average Bonchev–Trinajstić information content (AvgIpc) is 2.35. The molecule has 0 aliphatic carbocycles. The van der Waals surface area contributed by atoms with E-state index in [0.29, 0.717) is 12.1 Å². The van der Waals surface area contributed by atoms with Crippen LogP contribution >= 0.6 is 0 Å². The van der Waals surface area contributed by atoms with Crippen LogP contribution in [0.5, 0.6) is 0 Å². The van der Waals surface area contributed by atoms with Crippen molar-refractivity contribution in [1.82, 2.24) is 0 Å². The third-order valence-corrected chi connectivity index (χ3v) is 2.42. The number of carbonyl (C=O) groups is 2. The number of carbonyl (C=O) groups excluding carboxylic acids is 2. The number of ketones is 1. The van der Waals surface area contributed by atoms with Crippen LogP contribution in [-0.4, -0.2) is 36.1 Å². The molecule has 17 heavy (non-hydrogen) atoms. The third kappa shape index (κ3) is 4.34. The fourth-order valence-electron chi connectivity index (χ4n) is 1.43. The SMILES string of the molecule is O=C(CC[NH2+][C@@H](CO)C(=O)[O-])c1ccccc1. The molecule has 0 aliphatic rings. The topological polar surface area (TPSA) is 94.0 Å². The van der Waals surface area contributed by atoms with Gasteiger partial charge in [0.25, 0.3) is 0 Å². The van der Waals surface area contributed by atoms with Crippen LogP contribution in [0.25, 0.3) is 0 Å². The first-order chi connectivity index (χ1) is 8.15. The zero-order valence-electron chi connectivity index (χ0n) is 9.33. The summed E-state index contributed by atoms with van der Waals surface area (Å²) in [7, 11) is 0. The van der Waals surface area contributed by atoms with Crippen LogP contribution in [0.4, 0.5) is 0 Å². The predicted octanol–water partition coefficient (Wildman–Crippen LogP) is -2.07. The Balaban J connectivity index is 2.37. The van der Waals surface area contributed by atoms with Crippen molar-refractivity contribution in [3.05, 3.63) is 35.9 Å². The lowest BCUT2D eigenvalue weighted by molar-refractivity contribution is -0.683. The molecule has 0 aromatic heterocycles. The summed E-state index contributed by atoms with van der Waals surface area (Å²) in [6.45, 7) is -0.186. The lowest BCUT2D eigenvalue weighted by Crippen LogP contribution is -2.94. The molecule has 0 spiro atoms. The van der Waals surface area contributed by atoms with Gasteiger partial charge in [-0.1, -0.05) is 30.3 Å². The molecule has 0 heterocycles. The molecule has 0 bridgehead atoms. The Hall–Kier alpha value is -1.72. The van der Waals surface area contributed by atoms with E-state index >= 15 is 0 Å². The molecule has 1 aromatic carbocycles. The summed E-state index contributed by atoms with van der Waals surface area (Å²) in [6, 6.07) is 7.79. The van der Waals surface area contributed by atoms with Gasteiger partial charge >= 0.3 is 0 Å². The summed E-state index contributed by atoms with van der Waals surface area (Å²) < 4.78 is 0. The molecular weight excluding hydrogens is 222 g/mol. The van der Waals surface area contributed by atoms with Crippen molar-refractivity contribution < 1.29 is 25.1 Å². The fraction of sp³-hybridized carbons (Fsp3) is 0.333. The van der Waals surface area contributed by atoms with Crippen LogP contribution < -0.4 is 10.4 Å². The van der Waals surface area contributed by atoms with E-state index in [1.54, 1.807) is 24.3 Å². The molecule has 92 valence electrons. The first kappa shape index (κ1) is 13.3. The molecule has 5 heteroatoms. The maximum Gasteiger partial charge on any atom is 0.168 e. The molecule has 1 rings (SSSR count). The first-order valence-corrected chi connectivity index (χ1v) is 5.38. The Morgan fingerprint density at radius 3 is 2.47 bits per heavy atom. The molecule has 0 fully saturated rings. The van der Waals surface area contributed by atoms with Crippen molar-refractivity contribution in [3.8, 4) is 0 Å².